The van der Waals surface area contributed by atoms with Crippen molar-refractivity contribution in [1.29, 1.82) is 0 Å². The molecule has 114 valence electrons. The first kappa shape index (κ1) is 15.9. The van der Waals surface area contributed by atoms with E-state index in [1.807, 2.05) is 46.2 Å². The Kier molecular flexibility index (Phi) is 3.82. The number of rotatable bonds is 1. The summed E-state index contributed by atoms with van der Waals surface area (Å²) in [6.45, 7) is 11.7. The normalized spacial score (nSPS) is 12.7. The van der Waals surface area contributed by atoms with E-state index in [9.17, 15) is 4.79 Å². The number of anilines is 1. The molecule has 1 N–H and O–H groups in total. The number of carbonyl (C=O) groups excluding carboxylic acids is 1. The molecular weight excluding hydrogens is 334 g/mol. The van der Waals surface area contributed by atoms with E-state index in [4.69, 9.17) is 0 Å². The smallest absolute Gasteiger partial charge is 0.230 e. The number of aromatic nitrogens is 4. The van der Waals surface area contributed by atoms with Gasteiger partial charge in [0.1, 0.15) is 16.7 Å². The van der Waals surface area contributed by atoms with E-state index in [0.29, 0.717) is 21.5 Å². The van der Waals surface area contributed by atoms with Crippen LogP contribution in [0.3, 0.4) is 0 Å². The van der Waals surface area contributed by atoms with Gasteiger partial charge in [0.2, 0.25) is 5.91 Å². The highest BCUT2D eigenvalue weighted by molar-refractivity contribution is 9.10. The predicted molar refractivity (Wildman–Crippen MR) is 86.1 cm³/mol. The molecule has 0 aromatic carbocycles. The van der Waals surface area contributed by atoms with Gasteiger partial charge in [-0.1, -0.05) is 20.8 Å². The lowest BCUT2D eigenvalue weighted by Gasteiger charge is -2.20. The lowest BCUT2D eigenvalue weighted by atomic mass is 9.96. The minimum atomic E-state index is -0.496. The molecular formula is C14H20BrN5O. The Morgan fingerprint density at radius 1 is 1.19 bits per heavy atom. The quantitative estimate of drug-likeness (QED) is 0.853. The van der Waals surface area contributed by atoms with E-state index in [2.05, 4.69) is 36.3 Å². The molecule has 21 heavy (non-hydrogen) atoms. The number of halogens is 1. The highest BCUT2D eigenvalue weighted by Gasteiger charge is 2.26. The third-order valence-corrected chi connectivity index (χ3v) is 3.53. The Bertz CT molecular complexity index is 694. The van der Waals surface area contributed by atoms with Crippen molar-refractivity contribution in [3.05, 3.63) is 10.9 Å². The highest BCUT2D eigenvalue weighted by Crippen LogP contribution is 2.31. The van der Waals surface area contributed by atoms with E-state index in [0.717, 1.165) is 0 Å². The molecule has 2 heterocycles. The van der Waals surface area contributed by atoms with E-state index in [1.54, 1.807) is 0 Å². The molecule has 2 rings (SSSR count). The zero-order valence-electron chi connectivity index (χ0n) is 13.2. The van der Waals surface area contributed by atoms with Crippen LogP contribution in [0.25, 0.3) is 11.0 Å². The lowest BCUT2D eigenvalue weighted by Crippen LogP contribution is -2.28. The van der Waals surface area contributed by atoms with E-state index < -0.39 is 5.41 Å². The van der Waals surface area contributed by atoms with Crippen molar-refractivity contribution in [2.75, 3.05) is 5.32 Å². The van der Waals surface area contributed by atoms with Gasteiger partial charge in [-0.15, -0.1) is 0 Å². The second-order valence-electron chi connectivity index (χ2n) is 7.00. The van der Waals surface area contributed by atoms with Gasteiger partial charge >= 0.3 is 0 Å². The maximum Gasteiger partial charge on any atom is 0.230 e. The Hall–Kier alpha value is -1.50. The largest absolute Gasteiger partial charge is 0.309 e. The molecule has 0 aliphatic carbocycles. The van der Waals surface area contributed by atoms with Gasteiger partial charge in [-0.3, -0.25) is 4.79 Å². The van der Waals surface area contributed by atoms with Crippen molar-refractivity contribution in [3.63, 3.8) is 0 Å². The first-order valence-electron chi connectivity index (χ1n) is 6.73. The number of nitrogens with one attached hydrogen (secondary N) is 1. The standard InChI is InChI=1S/C14H20BrN5O/c1-13(2,3)12(21)18-10-8-9(15)19-20(14(4,5)6)11(8)17-7-16-10/h7H,1-6H3,(H,16,17,18,21). The van der Waals surface area contributed by atoms with Crippen LogP contribution in [0.5, 0.6) is 0 Å². The van der Waals surface area contributed by atoms with Crippen LogP contribution in [0, 0.1) is 5.41 Å². The summed E-state index contributed by atoms with van der Waals surface area (Å²) in [5.74, 6) is 0.375. The zero-order chi connectivity index (χ0) is 16.0. The lowest BCUT2D eigenvalue weighted by molar-refractivity contribution is -0.123. The fourth-order valence-corrected chi connectivity index (χ4v) is 2.29. The van der Waals surface area contributed by atoms with Gasteiger partial charge in [-0.05, 0) is 36.7 Å². The van der Waals surface area contributed by atoms with Crippen molar-refractivity contribution in [2.24, 2.45) is 5.41 Å². The molecule has 0 aliphatic heterocycles. The van der Waals surface area contributed by atoms with Crippen molar-refractivity contribution < 1.29 is 4.79 Å². The fourth-order valence-electron chi connectivity index (χ4n) is 1.77. The molecule has 1 amide bonds. The summed E-state index contributed by atoms with van der Waals surface area (Å²) in [5, 5.41) is 8.04. The number of fused-ring (bicyclic) bond motifs is 1. The third kappa shape index (κ3) is 3.07. The van der Waals surface area contributed by atoms with E-state index >= 15 is 0 Å². The second kappa shape index (κ2) is 5.05. The first-order valence-corrected chi connectivity index (χ1v) is 7.52. The predicted octanol–water partition coefficient (Wildman–Crippen LogP) is 3.33. The van der Waals surface area contributed by atoms with Crippen LogP contribution in [-0.2, 0) is 10.3 Å². The van der Waals surface area contributed by atoms with Crippen molar-refractivity contribution >= 4 is 38.7 Å². The maximum absolute atomic E-state index is 12.2. The maximum atomic E-state index is 12.2. The summed E-state index contributed by atoms with van der Waals surface area (Å²) in [7, 11) is 0. The molecule has 2 aromatic rings. The molecule has 2 aromatic heterocycles. The summed E-state index contributed by atoms with van der Waals surface area (Å²) in [5.41, 5.74) is -0.0261. The first-order chi connectivity index (χ1) is 9.51. The van der Waals surface area contributed by atoms with Crippen LogP contribution in [0.4, 0.5) is 5.82 Å². The van der Waals surface area contributed by atoms with Gasteiger partial charge in [0.25, 0.3) is 0 Å². The summed E-state index contributed by atoms with van der Waals surface area (Å²) < 4.78 is 2.44. The minimum absolute atomic E-state index is 0.0992. The Labute approximate surface area is 132 Å². The fraction of sp³-hybridized carbons (Fsp3) is 0.571. The van der Waals surface area contributed by atoms with Crippen LogP contribution in [0.15, 0.2) is 10.9 Å². The molecule has 0 spiro atoms. The van der Waals surface area contributed by atoms with Crippen molar-refractivity contribution in [1.82, 2.24) is 19.7 Å². The van der Waals surface area contributed by atoms with Gasteiger partial charge in [0.05, 0.1) is 10.9 Å². The van der Waals surface area contributed by atoms with Gasteiger partial charge in [-0.2, -0.15) is 5.10 Å². The summed E-state index contributed by atoms with van der Waals surface area (Å²) in [6.07, 6.45) is 1.44. The molecule has 0 atom stereocenters. The number of carbonyl (C=O) groups is 1. The van der Waals surface area contributed by atoms with Gasteiger partial charge in [0.15, 0.2) is 5.65 Å². The van der Waals surface area contributed by atoms with E-state index in [1.165, 1.54) is 6.33 Å². The van der Waals surface area contributed by atoms with Crippen molar-refractivity contribution in [3.8, 4) is 0 Å². The van der Waals surface area contributed by atoms with Crippen LogP contribution in [0.1, 0.15) is 41.5 Å². The average molecular weight is 354 g/mol. The summed E-state index contributed by atoms with van der Waals surface area (Å²) >= 11 is 3.44. The summed E-state index contributed by atoms with van der Waals surface area (Å²) in [6, 6.07) is 0. The third-order valence-electron chi connectivity index (χ3n) is 2.97. The SMILES string of the molecule is CC(C)(C)C(=O)Nc1ncnc2c1c(Br)nn2C(C)(C)C. The molecule has 0 saturated carbocycles. The average Bonchev–Trinajstić information content (AvgIpc) is 2.66. The molecule has 7 heteroatoms. The highest BCUT2D eigenvalue weighted by atomic mass is 79.9. The number of nitrogens with zero attached hydrogens (tertiary/aromatic N) is 4. The van der Waals surface area contributed by atoms with Crippen LogP contribution in [-0.4, -0.2) is 25.7 Å². The molecule has 0 fully saturated rings. The van der Waals surface area contributed by atoms with Crippen LogP contribution in [0.2, 0.25) is 0 Å². The summed E-state index contributed by atoms with van der Waals surface area (Å²) in [4.78, 5) is 20.7. The number of hydrogen-bond acceptors (Lipinski definition) is 4. The van der Waals surface area contributed by atoms with Crippen LogP contribution < -0.4 is 5.32 Å². The molecule has 0 radical (unpaired) electrons. The van der Waals surface area contributed by atoms with Gasteiger partial charge in [-0.25, -0.2) is 14.6 Å². The van der Waals surface area contributed by atoms with Crippen molar-refractivity contribution in [2.45, 2.75) is 47.1 Å². The van der Waals surface area contributed by atoms with Gasteiger partial charge < -0.3 is 5.32 Å². The Balaban J connectivity index is 2.58. The Morgan fingerprint density at radius 3 is 2.33 bits per heavy atom. The topological polar surface area (TPSA) is 72.7 Å². The van der Waals surface area contributed by atoms with Gasteiger partial charge in [0, 0.05) is 5.41 Å². The van der Waals surface area contributed by atoms with Crippen LogP contribution >= 0.6 is 15.9 Å². The molecule has 0 unspecified atom stereocenters. The van der Waals surface area contributed by atoms with E-state index in [-0.39, 0.29) is 11.4 Å². The Morgan fingerprint density at radius 2 is 1.81 bits per heavy atom. The minimum Gasteiger partial charge on any atom is -0.309 e. The monoisotopic (exact) mass is 353 g/mol. The second-order valence-corrected chi connectivity index (χ2v) is 7.75. The molecule has 0 saturated heterocycles. The number of hydrogen-bond donors (Lipinski definition) is 1. The zero-order valence-corrected chi connectivity index (χ0v) is 14.7. The molecule has 0 aliphatic rings. The molecule has 6 nitrogen and oxygen atoms in total. The number of amides is 1. The molecule has 0 bridgehead atoms.